The number of likely N-dealkylation sites (tertiary alicyclic amines) is 1. The molecule has 1 aromatic carbocycles. The van der Waals surface area contributed by atoms with Crippen molar-refractivity contribution >= 4 is 29.3 Å². The molecule has 1 heterocycles. The molecule has 2 aliphatic rings. The minimum absolute atomic E-state index is 0.253. The van der Waals surface area contributed by atoms with E-state index in [0.29, 0.717) is 23.6 Å². The Balaban J connectivity index is 1.45. The van der Waals surface area contributed by atoms with E-state index in [1.807, 2.05) is 29.2 Å². The van der Waals surface area contributed by atoms with E-state index in [-0.39, 0.29) is 5.91 Å². The third kappa shape index (κ3) is 3.55. The van der Waals surface area contributed by atoms with E-state index in [1.165, 1.54) is 12.0 Å². The summed E-state index contributed by atoms with van der Waals surface area (Å²) in [6.45, 7) is 1.78. The Bertz CT molecular complexity index is 525. The largest absolute Gasteiger partial charge is 0.341 e. The van der Waals surface area contributed by atoms with Crippen molar-refractivity contribution in [1.29, 1.82) is 0 Å². The molecule has 3 atom stereocenters. The highest BCUT2D eigenvalue weighted by molar-refractivity contribution is 7.99. The first-order valence-corrected chi connectivity index (χ1v) is 9.02. The maximum Gasteiger partial charge on any atom is 0.232 e. The van der Waals surface area contributed by atoms with Gasteiger partial charge in [-0.3, -0.25) is 4.79 Å². The SMILES string of the molecule is NC1CCC2CN(C(=O)CSCc3cccc(Cl)c3)CC12. The molecule has 0 bridgehead atoms. The number of nitrogens with zero attached hydrogens (tertiary/aromatic N) is 1. The molecule has 1 aliphatic heterocycles. The predicted octanol–water partition coefficient (Wildman–Crippen LogP) is 2.77. The van der Waals surface area contributed by atoms with Gasteiger partial charge in [0.25, 0.3) is 0 Å². The Morgan fingerprint density at radius 1 is 1.38 bits per heavy atom. The standard InChI is InChI=1S/C16H21ClN2OS/c17-13-3-1-2-11(6-13)9-21-10-16(20)19-7-12-4-5-15(18)14(12)8-19/h1-3,6,12,14-15H,4-5,7-10,18H2. The molecule has 21 heavy (non-hydrogen) atoms. The normalized spacial score (nSPS) is 27.9. The first-order chi connectivity index (χ1) is 10.1. The van der Waals surface area contributed by atoms with Crippen molar-refractivity contribution in [3.05, 3.63) is 34.9 Å². The second kappa shape index (κ2) is 6.59. The number of benzene rings is 1. The number of carbonyl (C=O) groups is 1. The van der Waals surface area contributed by atoms with Crippen LogP contribution in [0.25, 0.3) is 0 Å². The van der Waals surface area contributed by atoms with E-state index in [2.05, 4.69) is 0 Å². The van der Waals surface area contributed by atoms with Gasteiger partial charge in [-0.1, -0.05) is 23.7 Å². The van der Waals surface area contributed by atoms with E-state index < -0.39 is 0 Å². The van der Waals surface area contributed by atoms with Crippen molar-refractivity contribution in [2.75, 3.05) is 18.8 Å². The van der Waals surface area contributed by atoms with Crippen LogP contribution in [0.5, 0.6) is 0 Å². The predicted molar refractivity (Wildman–Crippen MR) is 88.4 cm³/mol. The lowest BCUT2D eigenvalue weighted by atomic mass is 9.98. The molecule has 114 valence electrons. The number of hydrogen-bond donors (Lipinski definition) is 1. The minimum Gasteiger partial charge on any atom is -0.341 e. The van der Waals surface area contributed by atoms with Gasteiger partial charge in [-0.25, -0.2) is 0 Å². The fourth-order valence-electron chi connectivity index (χ4n) is 3.49. The van der Waals surface area contributed by atoms with Crippen LogP contribution >= 0.6 is 23.4 Å². The molecule has 1 saturated heterocycles. The molecule has 2 fully saturated rings. The smallest absolute Gasteiger partial charge is 0.232 e. The lowest BCUT2D eigenvalue weighted by molar-refractivity contribution is -0.127. The summed E-state index contributed by atoms with van der Waals surface area (Å²) in [7, 11) is 0. The van der Waals surface area contributed by atoms with E-state index in [4.69, 9.17) is 17.3 Å². The van der Waals surface area contributed by atoms with Gasteiger partial charge in [0.05, 0.1) is 5.75 Å². The second-order valence-electron chi connectivity index (χ2n) is 6.09. The van der Waals surface area contributed by atoms with Crippen LogP contribution in [0.15, 0.2) is 24.3 Å². The van der Waals surface area contributed by atoms with E-state index in [1.54, 1.807) is 11.8 Å². The Morgan fingerprint density at radius 2 is 2.24 bits per heavy atom. The average Bonchev–Trinajstić information content (AvgIpc) is 3.02. The topological polar surface area (TPSA) is 46.3 Å². The van der Waals surface area contributed by atoms with Crippen LogP contribution in [-0.2, 0) is 10.5 Å². The van der Waals surface area contributed by atoms with Crippen molar-refractivity contribution in [3.8, 4) is 0 Å². The zero-order valence-corrected chi connectivity index (χ0v) is 13.6. The molecule has 2 N–H and O–H groups in total. The van der Waals surface area contributed by atoms with Gasteiger partial charge in [0.1, 0.15) is 0 Å². The molecule has 1 amide bonds. The van der Waals surface area contributed by atoms with Crippen molar-refractivity contribution < 1.29 is 4.79 Å². The molecule has 3 unspecified atom stereocenters. The van der Waals surface area contributed by atoms with Crippen LogP contribution in [0.2, 0.25) is 5.02 Å². The Hall–Kier alpha value is -0.710. The first kappa shape index (κ1) is 15.2. The number of rotatable bonds is 4. The summed E-state index contributed by atoms with van der Waals surface area (Å²) in [5.41, 5.74) is 7.28. The number of amides is 1. The molecular formula is C16H21ClN2OS. The summed E-state index contributed by atoms with van der Waals surface area (Å²) in [5.74, 6) is 2.80. The number of hydrogen-bond acceptors (Lipinski definition) is 3. The van der Waals surface area contributed by atoms with Gasteiger partial charge in [-0.15, -0.1) is 11.8 Å². The van der Waals surface area contributed by atoms with Crippen LogP contribution in [0.1, 0.15) is 18.4 Å². The molecule has 5 heteroatoms. The van der Waals surface area contributed by atoms with Gasteiger partial charge in [-0.2, -0.15) is 0 Å². The molecule has 1 aromatic rings. The molecule has 3 nitrogen and oxygen atoms in total. The number of fused-ring (bicyclic) bond motifs is 1. The molecular weight excluding hydrogens is 304 g/mol. The van der Waals surface area contributed by atoms with Crippen molar-refractivity contribution in [2.45, 2.75) is 24.6 Å². The molecule has 0 spiro atoms. The molecule has 3 rings (SSSR count). The average molecular weight is 325 g/mol. The number of carbonyl (C=O) groups excluding carboxylic acids is 1. The Labute approximate surface area is 135 Å². The molecule has 0 radical (unpaired) electrons. The fraction of sp³-hybridized carbons (Fsp3) is 0.562. The minimum atomic E-state index is 0.253. The summed E-state index contributed by atoms with van der Waals surface area (Å²) in [5, 5.41) is 0.751. The highest BCUT2D eigenvalue weighted by Crippen LogP contribution is 2.37. The highest BCUT2D eigenvalue weighted by Gasteiger charge is 2.42. The van der Waals surface area contributed by atoms with Crippen LogP contribution in [-0.4, -0.2) is 35.7 Å². The summed E-state index contributed by atoms with van der Waals surface area (Å²) in [6, 6.07) is 8.11. The van der Waals surface area contributed by atoms with Crippen molar-refractivity contribution in [3.63, 3.8) is 0 Å². The summed E-state index contributed by atoms with van der Waals surface area (Å²) in [6.07, 6.45) is 2.31. The van der Waals surface area contributed by atoms with Gasteiger partial charge in [-0.05, 0) is 42.4 Å². The number of halogens is 1. The number of thioether (sulfide) groups is 1. The van der Waals surface area contributed by atoms with Gasteiger partial charge >= 0.3 is 0 Å². The summed E-state index contributed by atoms with van der Waals surface area (Å²) in [4.78, 5) is 14.3. The Kier molecular flexibility index (Phi) is 4.77. The third-order valence-electron chi connectivity index (χ3n) is 4.65. The van der Waals surface area contributed by atoms with Gasteiger partial charge < -0.3 is 10.6 Å². The third-order valence-corrected chi connectivity index (χ3v) is 5.87. The quantitative estimate of drug-likeness (QED) is 0.926. The fourth-order valence-corrected chi connectivity index (χ4v) is 4.57. The molecule has 1 saturated carbocycles. The maximum absolute atomic E-state index is 12.3. The zero-order chi connectivity index (χ0) is 14.8. The number of nitrogens with two attached hydrogens (primary N) is 1. The maximum atomic E-state index is 12.3. The van der Waals surface area contributed by atoms with E-state index >= 15 is 0 Å². The first-order valence-electron chi connectivity index (χ1n) is 7.49. The summed E-state index contributed by atoms with van der Waals surface area (Å²) >= 11 is 7.62. The van der Waals surface area contributed by atoms with Gasteiger partial charge in [0.15, 0.2) is 0 Å². The summed E-state index contributed by atoms with van der Waals surface area (Å²) < 4.78 is 0. The van der Waals surface area contributed by atoms with Crippen LogP contribution < -0.4 is 5.73 Å². The van der Waals surface area contributed by atoms with Crippen LogP contribution in [0.4, 0.5) is 0 Å². The Morgan fingerprint density at radius 3 is 3.00 bits per heavy atom. The van der Waals surface area contributed by atoms with Crippen molar-refractivity contribution in [2.24, 2.45) is 17.6 Å². The van der Waals surface area contributed by atoms with Crippen LogP contribution in [0, 0.1) is 11.8 Å². The van der Waals surface area contributed by atoms with Crippen LogP contribution in [0.3, 0.4) is 0 Å². The second-order valence-corrected chi connectivity index (χ2v) is 7.51. The van der Waals surface area contributed by atoms with Gasteiger partial charge in [0.2, 0.25) is 5.91 Å². The van der Waals surface area contributed by atoms with Crippen molar-refractivity contribution in [1.82, 2.24) is 4.90 Å². The molecule has 0 aromatic heterocycles. The van der Waals surface area contributed by atoms with Gasteiger partial charge in [0, 0.05) is 29.9 Å². The lowest BCUT2D eigenvalue weighted by Gasteiger charge is -2.18. The van der Waals surface area contributed by atoms with E-state index in [0.717, 1.165) is 30.3 Å². The molecule has 1 aliphatic carbocycles. The highest BCUT2D eigenvalue weighted by atomic mass is 35.5. The lowest BCUT2D eigenvalue weighted by Crippen LogP contribution is -2.34. The zero-order valence-electron chi connectivity index (χ0n) is 12.0. The van der Waals surface area contributed by atoms with E-state index in [9.17, 15) is 4.79 Å². The monoisotopic (exact) mass is 324 g/mol.